The molecule has 2 heterocycles. The number of hydrogen-bond donors (Lipinski definition) is 2. The molecule has 1 unspecified atom stereocenters. The lowest BCUT2D eigenvalue weighted by Crippen LogP contribution is -2.52. The predicted molar refractivity (Wildman–Crippen MR) is 184 cm³/mol. The van der Waals surface area contributed by atoms with Gasteiger partial charge in [0.05, 0.1) is 38.3 Å². The van der Waals surface area contributed by atoms with Crippen molar-refractivity contribution >= 4 is 45.1 Å². The van der Waals surface area contributed by atoms with Crippen LogP contribution in [0.25, 0.3) is 0 Å². The van der Waals surface area contributed by atoms with E-state index in [0.29, 0.717) is 35.8 Å². The molecule has 3 aromatic carbocycles. The summed E-state index contributed by atoms with van der Waals surface area (Å²) in [4.78, 5) is 44.4. The number of urea groups is 1. The Hall–Kier alpha value is -3.97. The summed E-state index contributed by atoms with van der Waals surface area (Å²) in [6.07, 6.45) is 2.17. The molecule has 250 valence electrons. The number of nitrogens with one attached hydrogen (secondary N) is 2. The van der Waals surface area contributed by atoms with Crippen LogP contribution in [0.1, 0.15) is 35.7 Å². The molecule has 0 radical (unpaired) electrons. The molecule has 0 aromatic heterocycles. The standard InChI is InChI=1S/C35H42BrN5O6/c1-3-46-34(43)23-39-17-19-40(20-18-39)24-41-16-6-9-33(41)47-27-13-11-26(12-14-27)31(42)21-25-10-15-30(32(22-25)45-2)38-35(44)37-29-8-5-4-7-28(29)36/h4-5,7-8,10-15,22,33H,3,6,9,16-21,23-24H2,1-2H3,(H2,37,38,44). The minimum atomic E-state index is -0.410. The number of hydrogen-bond acceptors (Lipinski definition) is 9. The summed E-state index contributed by atoms with van der Waals surface area (Å²) >= 11 is 3.42. The summed E-state index contributed by atoms with van der Waals surface area (Å²) in [6.45, 7) is 7.85. The molecule has 2 amide bonds. The number of amides is 2. The molecule has 2 N–H and O–H groups in total. The smallest absolute Gasteiger partial charge is 0.323 e. The van der Waals surface area contributed by atoms with Crippen LogP contribution in [-0.2, 0) is 16.0 Å². The molecule has 2 aliphatic heterocycles. The topological polar surface area (TPSA) is 113 Å². The highest BCUT2D eigenvalue weighted by molar-refractivity contribution is 9.10. The van der Waals surface area contributed by atoms with Crippen LogP contribution >= 0.6 is 15.9 Å². The summed E-state index contributed by atoms with van der Waals surface area (Å²) < 4.78 is 17.7. The van der Waals surface area contributed by atoms with Gasteiger partial charge in [-0.25, -0.2) is 4.79 Å². The van der Waals surface area contributed by atoms with Crippen LogP contribution in [0, 0.1) is 0 Å². The zero-order valence-corrected chi connectivity index (χ0v) is 28.5. The van der Waals surface area contributed by atoms with Crippen molar-refractivity contribution in [2.75, 3.05) is 70.3 Å². The molecule has 47 heavy (non-hydrogen) atoms. The van der Waals surface area contributed by atoms with Crippen molar-refractivity contribution in [2.24, 2.45) is 0 Å². The minimum absolute atomic E-state index is 0.0231. The van der Waals surface area contributed by atoms with E-state index in [1.165, 1.54) is 7.11 Å². The number of Topliss-reactive ketones (excluding diaryl/α,β-unsaturated/α-hetero) is 1. The molecular formula is C35H42BrN5O6. The van der Waals surface area contributed by atoms with Gasteiger partial charge < -0.3 is 24.8 Å². The molecule has 2 aliphatic rings. The van der Waals surface area contributed by atoms with Crippen molar-refractivity contribution < 1.29 is 28.6 Å². The summed E-state index contributed by atoms with van der Waals surface area (Å²) in [5.74, 6) is 0.997. The number of nitrogens with zero attached hydrogens (tertiary/aromatic N) is 3. The number of carbonyl (C=O) groups is 3. The van der Waals surface area contributed by atoms with Crippen molar-refractivity contribution in [3.63, 3.8) is 0 Å². The van der Waals surface area contributed by atoms with Crippen molar-refractivity contribution in [3.8, 4) is 11.5 Å². The Kier molecular flexibility index (Phi) is 12.2. The van der Waals surface area contributed by atoms with Crippen LogP contribution in [0.15, 0.2) is 71.2 Å². The van der Waals surface area contributed by atoms with Crippen LogP contribution in [0.5, 0.6) is 11.5 Å². The van der Waals surface area contributed by atoms with Crippen LogP contribution in [0.3, 0.4) is 0 Å². The number of halogens is 1. The zero-order valence-electron chi connectivity index (χ0n) is 26.9. The van der Waals surface area contributed by atoms with Gasteiger partial charge in [-0.2, -0.15) is 0 Å². The first-order valence-electron chi connectivity index (χ1n) is 15.9. The normalized spacial score (nSPS) is 17.2. The fraction of sp³-hybridized carbons (Fsp3) is 0.400. The van der Waals surface area contributed by atoms with E-state index in [1.54, 1.807) is 36.4 Å². The number of carbonyl (C=O) groups excluding carboxylic acids is 3. The fourth-order valence-corrected chi connectivity index (χ4v) is 6.16. The van der Waals surface area contributed by atoms with Crippen molar-refractivity contribution in [1.82, 2.24) is 14.7 Å². The Balaban J connectivity index is 1.10. The van der Waals surface area contributed by atoms with Crippen molar-refractivity contribution in [3.05, 3.63) is 82.3 Å². The number of benzene rings is 3. The van der Waals surface area contributed by atoms with Gasteiger partial charge in [-0.3, -0.25) is 24.3 Å². The average Bonchev–Trinajstić information content (AvgIpc) is 3.50. The van der Waals surface area contributed by atoms with Crippen LogP contribution in [0.2, 0.25) is 0 Å². The quantitative estimate of drug-likeness (QED) is 0.177. The maximum Gasteiger partial charge on any atom is 0.323 e. The van der Waals surface area contributed by atoms with Crippen LogP contribution in [-0.4, -0.2) is 98.4 Å². The molecule has 1 atom stereocenters. The third kappa shape index (κ3) is 9.77. The summed E-state index contributed by atoms with van der Waals surface area (Å²) in [5.41, 5.74) is 2.50. The zero-order chi connectivity index (χ0) is 33.2. The second kappa shape index (κ2) is 16.7. The lowest BCUT2D eigenvalue weighted by molar-refractivity contribution is -0.145. The number of ketones is 1. The number of likely N-dealkylation sites (tertiary alicyclic amines) is 1. The van der Waals surface area contributed by atoms with Crippen molar-refractivity contribution in [1.29, 1.82) is 0 Å². The highest BCUT2D eigenvalue weighted by Gasteiger charge is 2.29. The fourth-order valence-electron chi connectivity index (χ4n) is 5.78. The van der Waals surface area contributed by atoms with Gasteiger partial charge in [0.1, 0.15) is 11.5 Å². The molecule has 5 rings (SSSR count). The van der Waals surface area contributed by atoms with Gasteiger partial charge in [0, 0.05) is 49.2 Å². The summed E-state index contributed by atoms with van der Waals surface area (Å²) in [5, 5.41) is 5.60. The lowest BCUT2D eigenvalue weighted by Gasteiger charge is -2.37. The molecular weight excluding hydrogens is 666 g/mol. The largest absolute Gasteiger partial charge is 0.495 e. The molecule has 0 bridgehead atoms. The van der Waals surface area contributed by atoms with Gasteiger partial charge in [-0.1, -0.05) is 18.2 Å². The Morgan fingerprint density at radius 1 is 0.894 bits per heavy atom. The second-order valence-corrected chi connectivity index (χ2v) is 12.4. The van der Waals surface area contributed by atoms with E-state index in [1.807, 2.05) is 37.3 Å². The van der Waals surface area contributed by atoms with Crippen LogP contribution in [0.4, 0.5) is 16.2 Å². The highest BCUT2D eigenvalue weighted by atomic mass is 79.9. The third-order valence-electron chi connectivity index (χ3n) is 8.26. The predicted octanol–water partition coefficient (Wildman–Crippen LogP) is 5.47. The van der Waals surface area contributed by atoms with Gasteiger partial charge in [-0.05, 0) is 89.8 Å². The second-order valence-electron chi connectivity index (χ2n) is 11.6. The minimum Gasteiger partial charge on any atom is -0.495 e. The maximum absolute atomic E-state index is 13.1. The summed E-state index contributed by atoms with van der Waals surface area (Å²) in [6, 6.07) is 19.5. The maximum atomic E-state index is 13.1. The van der Waals surface area contributed by atoms with E-state index in [2.05, 4.69) is 41.3 Å². The monoisotopic (exact) mass is 707 g/mol. The lowest BCUT2D eigenvalue weighted by atomic mass is 10.0. The molecule has 3 aromatic rings. The number of rotatable bonds is 13. The third-order valence-corrected chi connectivity index (χ3v) is 8.95. The molecule has 11 nitrogen and oxygen atoms in total. The first kappa shape index (κ1) is 34.4. The number of para-hydroxylation sites is 1. The number of esters is 1. The number of ether oxygens (including phenoxy) is 3. The van der Waals surface area contributed by atoms with Gasteiger partial charge in [0.2, 0.25) is 0 Å². The molecule has 0 spiro atoms. The van der Waals surface area contributed by atoms with Gasteiger partial charge >= 0.3 is 12.0 Å². The average molecular weight is 709 g/mol. The van der Waals surface area contributed by atoms with E-state index in [-0.39, 0.29) is 24.4 Å². The Morgan fingerprint density at radius 2 is 1.62 bits per heavy atom. The van der Waals surface area contributed by atoms with Crippen molar-refractivity contribution in [2.45, 2.75) is 32.4 Å². The van der Waals surface area contributed by atoms with E-state index >= 15 is 0 Å². The molecule has 0 aliphatic carbocycles. The number of methoxy groups -OCH3 is 1. The summed E-state index contributed by atoms with van der Waals surface area (Å²) in [7, 11) is 1.52. The Bertz CT molecular complexity index is 1530. The van der Waals surface area contributed by atoms with E-state index in [9.17, 15) is 14.4 Å². The Morgan fingerprint density at radius 3 is 2.34 bits per heavy atom. The van der Waals surface area contributed by atoms with Gasteiger partial charge in [0.25, 0.3) is 0 Å². The Labute approximate surface area is 284 Å². The number of piperazine rings is 1. The van der Waals surface area contributed by atoms with E-state index in [4.69, 9.17) is 14.2 Å². The van der Waals surface area contributed by atoms with Crippen LogP contribution < -0.4 is 20.1 Å². The highest BCUT2D eigenvalue weighted by Crippen LogP contribution is 2.28. The van der Waals surface area contributed by atoms with E-state index in [0.717, 1.165) is 68.0 Å². The first-order valence-corrected chi connectivity index (χ1v) is 16.7. The molecule has 0 saturated carbocycles. The van der Waals surface area contributed by atoms with E-state index < -0.39 is 6.03 Å². The SMILES string of the molecule is CCOC(=O)CN1CCN(CN2CCCC2Oc2ccc(C(=O)Cc3ccc(NC(=O)Nc4ccccc4Br)c(OC)c3)cc2)CC1. The molecule has 2 fully saturated rings. The number of anilines is 2. The van der Waals surface area contributed by atoms with Gasteiger partial charge in [-0.15, -0.1) is 0 Å². The van der Waals surface area contributed by atoms with Gasteiger partial charge in [0.15, 0.2) is 12.0 Å². The molecule has 12 heteroatoms. The first-order chi connectivity index (χ1) is 22.8. The molecule has 2 saturated heterocycles.